The van der Waals surface area contributed by atoms with Gasteiger partial charge in [0.15, 0.2) is 0 Å². The maximum Gasteiger partial charge on any atom is 0.0999 e. The van der Waals surface area contributed by atoms with E-state index in [2.05, 4.69) is 23.2 Å². The lowest BCUT2D eigenvalue weighted by molar-refractivity contribution is 1.02. The largest absolute Gasteiger partial charge is 0.242 e. The molecule has 1 aromatic rings. The number of thioether (sulfide) groups is 1. The fourth-order valence-electron chi connectivity index (χ4n) is 1.77. The van der Waals surface area contributed by atoms with Crippen LogP contribution >= 0.6 is 11.8 Å². The molecule has 3 rings (SSSR count). The molecule has 0 bridgehead atoms. The summed E-state index contributed by atoms with van der Waals surface area (Å²) in [5, 5.41) is 1.26. The monoisotopic (exact) mass is 175 g/mol. The van der Waals surface area contributed by atoms with E-state index in [1.165, 1.54) is 34.0 Å². The van der Waals surface area contributed by atoms with Crippen molar-refractivity contribution in [1.29, 1.82) is 0 Å². The zero-order chi connectivity index (χ0) is 7.97. The molecule has 2 heterocycles. The first kappa shape index (κ1) is 6.72. The van der Waals surface area contributed by atoms with E-state index in [4.69, 9.17) is 0 Å². The zero-order valence-corrected chi connectivity index (χ0v) is 7.53. The molecular weight excluding hydrogens is 166 g/mol. The number of nitrogens with zero attached hydrogens (tertiary/aromatic N) is 1. The van der Waals surface area contributed by atoms with E-state index in [-0.39, 0.29) is 0 Å². The predicted octanol–water partition coefficient (Wildman–Crippen LogP) is 2.30. The van der Waals surface area contributed by atoms with Gasteiger partial charge in [0.2, 0.25) is 0 Å². The van der Waals surface area contributed by atoms with Crippen LogP contribution in [0.15, 0.2) is 17.2 Å². The highest BCUT2D eigenvalue weighted by Crippen LogP contribution is 2.32. The Hall–Kier alpha value is -0.760. The Morgan fingerprint density at radius 3 is 3.33 bits per heavy atom. The number of rotatable bonds is 0. The molecule has 2 aliphatic rings. The van der Waals surface area contributed by atoms with Gasteiger partial charge in [-0.15, -0.1) is 11.8 Å². The van der Waals surface area contributed by atoms with Gasteiger partial charge in [-0.05, 0) is 30.0 Å². The molecular formula is C10H9NS. The summed E-state index contributed by atoms with van der Waals surface area (Å²) in [6.45, 7) is 0. The number of pyridine rings is 1. The highest BCUT2D eigenvalue weighted by atomic mass is 32.2. The van der Waals surface area contributed by atoms with E-state index in [9.17, 15) is 0 Å². The minimum atomic E-state index is 1.08. The van der Waals surface area contributed by atoms with Crippen molar-refractivity contribution < 1.29 is 0 Å². The normalized spacial score (nSPS) is 18.0. The molecule has 0 atom stereocenters. The first-order valence-electron chi connectivity index (χ1n) is 4.25. The summed E-state index contributed by atoms with van der Waals surface area (Å²) in [5.41, 5.74) is 4.07. The summed E-state index contributed by atoms with van der Waals surface area (Å²) in [4.78, 5) is 4.61. The molecule has 0 aromatic carbocycles. The van der Waals surface area contributed by atoms with Crippen LogP contribution in [-0.2, 0) is 12.8 Å². The van der Waals surface area contributed by atoms with Crippen LogP contribution in [0, 0.1) is 0 Å². The van der Waals surface area contributed by atoms with Gasteiger partial charge in [-0.25, -0.2) is 4.98 Å². The van der Waals surface area contributed by atoms with Crippen molar-refractivity contribution in [2.45, 2.75) is 17.9 Å². The lowest BCUT2D eigenvalue weighted by Crippen LogP contribution is -1.91. The van der Waals surface area contributed by atoms with Crippen molar-refractivity contribution in [3.05, 3.63) is 29.0 Å². The standard InChI is InChI=1S/C10H9NS/c1-2-7-6-8-4-5-12-10(8)11-9(7)3-1/h1,3,6H,2,4-5H2. The SMILES string of the molecule is C1=Cc2nc3c(cc2C1)CCS3. The molecule has 2 heteroatoms. The molecule has 0 unspecified atom stereocenters. The third kappa shape index (κ3) is 0.845. The minimum Gasteiger partial charge on any atom is -0.242 e. The summed E-state index contributed by atoms with van der Waals surface area (Å²) < 4.78 is 0. The first-order chi connectivity index (χ1) is 5.93. The topological polar surface area (TPSA) is 12.9 Å². The Kier molecular flexibility index (Phi) is 1.32. The molecule has 60 valence electrons. The van der Waals surface area contributed by atoms with Crippen LogP contribution in [0.3, 0.4) is 0 Å². The zero-order valence-electron chi connectivity index (χ0n) is 6.71. The number of aryl methyl sites for hydroxylation is 1. The Morgan fingerprint density at radius 1 is 1.33 bits per heavy atom. The van der Waals surface area contributed by atoms with Crippen molar-refractivity contribution in [1.82, 2.24) is 4.98 Å². The molecule has 12 heavy (non-hydrogen) atoms. The minimum absolute atomic E-state index is 1.08. The molecule has 1 aliphatic heterocycles. The van der Waals surface area contributed by atoms with E-state index in [1.807, 2.05) is 11.8 Å². The van der Waals surface area contributed by atoms with Gasteiger partial charge in [0.1, 0.15) is 0 Å². The smallest absolute Gasteiger partial charge is 0.0999 e. The third-order valence-corrected chi connectivity index (χ3v) is 3.43. The van der Waals surface area contributed by atoms with Crippen LogP contribution < -0.4 is 0 Å². The van der Waals surface area contributed by atoms with E-state index in [1.54, 1.807) is 0 Å². The van der Waals surface area contributed by atoms with Crippen LogP contribution in [0.5, 0.6) is 0 Å². The molecule has 1 aliphatic carbocycles. The van der Waals surface area contributed by atoms with Crippen LogP contribution in [0.4, 0.5) is 0 Å². The summed E-state index contributed by atoms with van der Waals surface area (Å²) in [6, 6.07) is 2.33. The molecule has 0 fully saturated rings. The van der Waals surface area contributed by atoms with Gasteiger partial charge in [0.25, 0.3) is 0 Å². The van der Waals surface area contributed by atoms with E-state index >= 15 is 0 Å². The second-order valence-corrected chi connectivity index (χ2v) is 4.29. The van der Waals surface area contributed by atoms with Gasteiger partial charge in [-0.3, -0.25) is 0 Å². The number of fused-ring (bicyclic) bond motifs is 2. The molecule has 0 amide bonds. The van der Waals surface area contributed by atoms with Crippen molar-refractivity contribution in [2.75, 3.05) is 5.75 Å². The van der Waals surface area contributed by atoms with Gasteiger partial charge in [0, 0.05) is 5.75 Å². The van der Waals surface area contributed by atoms with Gasteiger partial charge in [-0.1, -0.05) is 12.1 Å². The molecule has 1 nitrogen and oxygen atoms in total. The quantitative estimate of drug-likeness (QED) is 0.600. The van der Waals surface area contributed by atoms with Crippen LogP contribution in [0.25, 0.3) is 6.08 Å². The van der Waals surface area contributed by atoms with Gasteiger partial charge in [0.05, 0.1) is 10.7 Å². The summed E-state index contributed by atoms with van der Waals surface area (Å²) in [6.07, 6.45) is 6.62. The van der Waals surface area contributed by atoms with Crippen molar-refractivity contribution in [2.24, 2.45) is 0 Å². The van der Waals surface area contributed by atoms with Crippen molar-refractivity contribution in [3.8, 4) is 0 Å². The van der Waals surface area contributed by atoms with E-state index in [0.717, 1.165) is 6.42 Å². The molecule has 0 saturated carbocycles. The highest BCUT2D eigenvalue weighted by Gasteiger charge is 2.16. The molecule has 0 N–H and O–H groups in total. The Labute approximate surface area is 75.9 Å². The number of allylic oxidation sites excluding steroid dienone is 1. The number of aromatic nitrogens is 1. The second-order valence-electron chi connectivity index (χ2n) is 3.20. The summed E-state index contributed by atoms with van der Waals surface area (Å²) >= 11 is 1.89. The Balaban J connectivity index is 2.23. The Morgan fingerprint density at radius 2 is 2.33 bits per heavy atom. The Bertz CT molecular complexity index is 368. The summed E-state index contributed by atoms with van der Waals surface area (Å²) in [7, 11) is 0. The average molecular weight is 175 g/mol. The fourth-order valence-corrected chi connectivity index (χ4v) is 2.79. The second kappa shape index (κ2) is 2.36. The third-order valence-electron chi connectivity index (χ3n) is 2.40. The van der Waals surface area contributed by atoms with E-state index in [0.29, 0.717) is 0 Å². The average Bonchev–Trinajstić information content (AvgIpc) is 2.64. The molecule has 1 aromatic heterocycles. The van der Waals surface area contributed by atoms with Gasteiger partial charge < -0.3 is 0 Å². The predicted molar refractivity (Wildman–Crippen MR) is 51.4 cm³/mol. The number of hydrogen-bond acceptors (Lipinski definition) is 2. The lowest BCUT2D eigenvalue weighted by Gasteiger charge is -2.01. The van der Waals surface area contributed by atoms with Crippen LogP contribution in [0.1, 0.15) is 16.8 Å². The molecule has 0 saturated heterocycles. The molecule has 0 spiro atoms. The van der Waals surface area contributed by atoms with Gasteiger partial charge >= 0.3 is 0 Å². The fraction of sp³-hybridized carbons (Fsp3) is 0.300. The number of hydrogen-bond donors (Lipinski definition) is 0. The maximum absolute atomic E-state index is 4.61. The highest BCUT2D eigenvalue weighted by molar-refractivity contribution is 7.99. The van der Waals surface area contributed by atoms with Gasteiger partial charge in [-0.2, -0.15) is 0 Å². The van der Waals surface area contributed by atoms with Crippen LogP contribution in [-0.4, -0.2) is 10.7 Å². The summed E-state index contributed by atoms with van der Waals surface area (Å²) in [5.74, 6) is 1.22. The van der Waals surface area contributed by atoms with Crippen molar-refractivity contribution in [3.63, 3.8) is 0 Å². The molecule has 0 radical (unpaired) electrons. The maximum atomic E-state index is 4.61. The first-order valence-corrected chi connectivity index (χ1v) is 5.24. The van der Waals surface area contributed by atoms with Crippen LogP contribution in [0.2, 0.25) is 0 Å². The van der Waals surface area contributed by atoms with Crippen molar-refractivity contribution >= 4 is 17.8 Å². The van der Waals surface area contributed by atoms with E-state index < -0.39 is 0 Å². The lowest BCUT2D eigenvalue weighted by atomic mass is 10.1.